The smallest absolute Gasteiger partial charge is 0.231 e. The minimum absolute atomic E-state index is 0.268. The van der Waals surface area contributed by atoms with Crippen molar-refractivity contribution in [3.05, 3.63) is 42.0 Å². The van der Waals surface area contributed by atoms with E-state index in [0.29, 0.717) is 5.56 Å². The zero-order valence-electron chi connectivity index (χ0n) is 8.40. The van der Waals surface area contributed by atoms with Crippen LogP contribution in [0.1, 0.15) is 10.4 Å². The Morgan fingerprint density at radius 3 is 2.69 bits per heavy atom. The van der Waals surface area contributed by atoms with Crippen LogP contribution in [0.3, 0.4) is 0 Å². The standard InChI is InChI=1S/C13H8O2S/c14-10-7-16-11-6-5-8-3-1-2-4-9(8)12(11)13(10)15/h1-6H,7H2. The highest BCUT2D eigenvalue weighted by molar-refractivity contribution is 8.00. The lowest BCUT2D eigenvalue weighted by atomic mass is 9.99. The third kappa shape index (κ3) is 1.28. The SMILES string of the molecule is O=C1CSc2ccc3ccccc3c2C1=O. The van der Waals surface area contributed by atoms with E-state index >= 15 is 0 Å². The summed E-state index contributed by atoms with van der Waals surface area (Å²) in [5.41, 5.74) is 0.583. The molecule has 78 valence electrons. The molecule has 0 amide bonds. The third-order valence-electron chi connectivity index (χ3n) is 2.73. The molecule has 3 rings (SSSR count). The van der Waals surface area contributed by atoms with Gasteiger partial charge in [-0.2, -0.15) is 0 Å². The second kappa shape index (κ2) is 3.46. The quantitative estimate of drug-likeness (QED) is 0.650. The normalized spacial score (nSPS) is 15.2. The summed E-state index contributed by atoms with van der Waals surface area (Å²) in [5.74, 6) is -0.371. The molecular formula is C13H8O2S. The molecule has 0 radical (unpaired) electrons. The fraction of sp³-hybridized carbons (Fsp3) is 0.0769. The van der Waals surface area contributed by atoms with E-state index in [4.69, 9.17) is 0 Å². The fourth-order valence-corrected chi connectivity index (χ4v) is 2.88. The number of thioether (sulfide) groups is 1. The Morgan fingerprint density at radius 1 is 1.00 bits per heavy atom. The molecule has 0 bridgehead atoms. The molecule has 2 nitrogen and oxygen atoms in total. The van der Waals surface area contributed by atoms with Crippen LogP contribution in [0.5, 0.6) is 0 Å². The topological polar surface area (TPSA) is 34.1 Å². The Labute approximate surface area is 96.6 Å². The van der Waals surface area contributed by atoms with Gasteiger partial charge in [0.1, 0.15) is 0 Å². The van der Waals surface area contributed by atoms with Crippen LogP contribution in [0, 0.1) is 0 Å². The van der Waals surface area contributed by atoms with Crippen LogP contribution in [0.2, 0.25) is 0 Å². The van der Waals surface area contributed by atoms with Crippen LogP contribution in [-0.4, -0.2) is 17.3 Å². The van der Waals surface area contributed by atoms with E-state index in [-0.39, 0.29) is 17.3 Å². The van der Waals surface area contributed by atoms with Gasteiger partial charge >= 0.3 is 0 Å². The maximum atomic E-state index is 11.9. The molecule has 0 unspecified atom stereocenters. The molecule has 1 aliphatic rings. The molecule has 2 aromatic carbocycles. The summed E-state index contributed by atoms with van der Waals surface area (Å²) in [7, 11) is 0. The molecule has 3 heteroatoms. The van der Waals surface area contributed by atoms with E-state index < -0.39 is 0 Å². The van der Waals surface area contributed by atoms with Crippen molar-refractivity contribution in [1.82, 2.24) is 0 Å². The molecule has 0 N–H and O–H groups in total. The minimum Gasteiger partial charge on any atom is -0.290 e. The van der Waals surface area contributed by atoms with Gasteiger partial charge in [0.15, 0.2) is 0 Å². The molecule has 0 spiro atoms. The zero-order valence-corrected chi connectivity index (χ0v) is 9.21. The molecule has 0 saturated heterocycles. The van der Waals surface area contributed by atoms with Crippen molar-refractivity contribution in [2.75, 3.05) is 5.75 Å². The molecule has 0 aromatic heterocycles. The molecule has 16 heavy (non-hydrogen) atoms. The number of rotatable bonds is 0. The molecule has 1 heterocycles. The monoisotopic (exact) mass is 228 g/mol. The van der Waals surface area contributed by atoms with E-state index in [1.807, 2.05) is 36.4 Å². The van der Waals surface area contributed by atoms with Crippen molar-refractivity contribution >= 4 is 34.1 Å². The number of hydrogen-bond donors (Lipinski definition) is 0. The molecule has 0 fully saturated rings. The lowest BCUT2D eigenvalue weighted by molar-refractivity contribution is -0.112. The summed E-state index contributed by atoms with van der Waals surface area (Å²) in [4.78, 5) is 24.2. The van der Waals surface area contributed by atoms with Crippen molar-refractivity contribution < 1.29 is 9.59 Å². The highest BCUT2D eigenvalue weighted by Crippen LogP contribution is 2.33. The largest absolute Gasteiger partial charge is 0.290 e. The maximum absolute atomic E-state index is 11.9. The van der Waals surface area contributed by atoms with Gasteiger partial charge in [-0.25, -0.2) is 0 Å². The van der Waals surface area contributed by atoms with E-state index in [1.54, 1.807) is 0 Å². The number of carbonyl (C=O) groups excluding carboxylic acids is 2. The maximum Gasteiger partial charge on any atom is 0.231 e. The summed E-state index contributed by atoms with van der Waals surface area (Å²) in [5, 5.41) is 1.88. The van der Waals surface area contributed by atoms with E-state index in [9.17, 15) is 9.59 Å². The van der Waals surface area contributed by atoms with Gasteiger partial charge in [-0.3, -0.25) is 9.59 Å². The van der Waals surface area contributed by atoms with Crippen LogP contribution in [-0.2, 0) is 4.79 Å². The Bertz CT molecular complexity index is 616. The number of fused-ring (bicyclic) bond motifs is 3. The van der Waals surface area contributed by atoms with Gasteiger partial charge in [0.2, 0.25) is 11.6 Å². The van der Waals surface area contributed by atoms with Crippen molar-refractivity contribution in [2.45, 2.75) is 4.90 Å². The molecule has 0 aliphatic carbocycles. The van der Waals surface area contributed by atoms with Gasteiger partial charge < -0.3 is 0 Å². The summed E-state index contributed by atoms with van der Waals surface area (Å²) in [6.07, 6.45) is 0. The Kier molecular flexibility index (Phi) is 2.07. The third-order valence-corrected chi connectivity index (χ3v) is 3.79. The second-order valence-electron chi connectivity index (χ2n) is 3.70. The number of benzene rings is 2. The predicted molar refractivity (Wildman–Crippen MR) is 64.0 cm³/mol. The fourth-order valence-electron chi connectivity index (χ4n) is 1.95. The van der Waals surface area contributed by atoms with Crippen molar-refractivity contribution in [2.24, 2.45) is 0 Å². The van der Waals surface area contributed by atoms with Gasteiger partial charge in [-0.05, 0) is 16.8 Å². The van der Waals surface area contributed by atoms with Crippen molar-refractivity contribution in [3.8, 4) is 0 Å². The van der Waals surface area contributed by atoms with Crippen LogP contribution in [0.25, 0.3) is 10.8 Å². The predicted octanol–water partition coefficient (Wildman–Crippen LogP) is 2.70. The first-order chi connectivity index (χ1) is 7.77. The van der Waals surface area contributed by atoms with Crippen LogP contribution < -0.4 is 0 Å². The summed E-state index contributed by atoms with van der Waals surface area (Å²) < 4.78 is 0. The summed E-state index contributed by atoms with van der Waals surface area (Å²) in [6.45, 7) is 0. The number of Topliss-reactive ketones (excluding diaryl/α,β-unsaturated/α-hetero) is 2. The lowest BCUT2D eigenvalue weighted by Gasteiger charge is -2.15. The number of carbonyl (C=O) groups is 2. The molecule has 1 aliphatic heterocycles. The van der Waals surface area contributed by atoms with Crippen LogP contribution >= 0.6 is 11.8 Å². The van der Waals surface area contributed by atoms with Gasteiger partial charge in [0, 0.05) is 10.5 Å². The lowest BCUT2D eigenvalue weighted by Crippen LogP contribution is -2.21. The molecular weight excluding hydrogens is 220 g/mol. The van der Waals surface area contributed by atoms with Crippen LogP contribution in [0.4, 0.5) is 0 Å². The average Bonchev–Trinajstić information content (AvgIpc) is 2.33. The summed E-state index contributed by atoms with van der Waals surface area (Å²) in [6, 6.07) is 11.6. The van der Waals surface area contributed by atoms with Gasteiger partial charge in [0.05, 0.1) is 5.75 Å². The Hall–Kier alpha value is -1.61. The van der Waals surface area contributed by atoms with Gasteiger partial charge in [0.25, 0.3) is 0 Å². The highest BCUT2D eigenvalue weighted by Gasteiger charge is 2.27. The van der Waals surface area contributed by atoms with Crippen molar-refractivity contribution in [3.63, 3.8) is 0 Å². The molecule has 0 atom stereocenters. The first kappa shape index (κ1) is 9.60. The number of ketones is 2. The Morgan fingerprint density at radius 2 is 1.81 bits per heavy atom. The van der Waals surface area contributed by atoms with E-state index in [0.717, 1.165) is 15.7 Å². The van der Waals surface area contributed by atoms with Gasteiger partial charge in [-0.15, -0.1) is 11.8 Å². The van der Waals surface area contributed by atoms with Crippen molar-refractivity contribution in [1.29, 1.82) is 0 Å². The van der Waals surface area contributed by atoms with E-state index in [2.05, 4.69) is 0 Å². The zero-order chi connectivity index (χ0) is 11.1. The van der Waals surface area contributed by atoms with Gasteiger partial charge in [-0.1, -0.05) is 30.3 Å². The molecule has 0 saturated carbocycles. The minimum atomic E-state index is -0.342. The summed E-state index contributed by atoms with van der Waals surface area (Å²) >= 11 is 1.45. The average molecular weight is 228 g/mol. The second-order valence-corrected chi connectivity index (χ2v) is 4.72. The van der Waals surface area contributed by atoms with E-state index in [1.165, 1.54) is 11.8 Å². The first-order valence-electron chi connectivity index (χ1n) is 4.99. The Balaban J connectivity index is 2.40. The van der Waals surface area contributed by atoms with Crippen LogP contribution in [0.15, 0.2) is 41.3 Å². The first-order valence-corrected chi connectivity index (χ1v) is 5.98. The molecule has 2 aromatic rings. The number of hydrogen-bond acceptors (Lipinski definition) is 3. The highest BCUT2D eigenvalue weighted by atomic mass is 32.2.